The normalized spacial score (nSPS) is 10.0. The predicted octanol–water partition coefficient (Wildman–Crippen LogP) is 1.49. The van der Waals surface area contributed by atoms with Crippen molar-refractivity contribution < 1.29 is 0 Å². The molecular formula is C9H8N4S. The summed E-state index contributed by atoms with van der Waals surface area (Å²) in [5, 5.41) is 8.11. The molecule has 0 saturated carbocycles. The number of nitrogens with zero attached hydrogens (tertiary/aromatic N) is 2. The summed E-state index contributed by atoms with van der Waals surface area (Å²) < 4.78 is 0. The predicted molar refractivity (Wildman–Crippen MR) is 56.4 cm³/mol. The first kappa shape index (κ1) is 8.83. The summed E-state index contributed by atoms with van der Waals surface area (Å²) >= 11 is 1.41. The minimum absolute atomic E-state index is 0.0582. The maximum absolute atomic E-state index is 7.25. The van der Waals surface area contributed by atoms with E-state index < -0.39 is 0 Å². The maximum atomic E-state index is 7.25. The van der Waals surface area contributed by atoms with Crippen molar-refractivity contribution >= 4 is 17.2 Å². The van der Waals surface area contributed by atoms with E-state index in [0.717, 1.165) is 10.6 Å². The third kappa shape index (κ3) is 1.62. The molecule has 2 heterocycles. The highest BCUT2D eigenvalue weighted by Crippen LogP contribution is 2.23. The van der Waals surface area contributed by atoms with E-state index in [1.54, 1.807) is 18.6 Å². The van der Waals surface area contributed by atoms with Gasteiger partial charge in [-0.15, -0.1) is 11.3 Å². The molecule has 0 bridgehead atoms. The van der Waals surface area contributed by atoms with E-state index in [0.29, 0.717) is 4.88 Å². The van der Waals surface area contributed by atoms with Gasteiger partial charge in [-0.1, -0.05) is 0 Å². The van der Waals surface area contributed by atoms with Gasteiger partial charge in [-0.05, 0) is 12.1 Å². The Morgan fingerprint density at radius 3 is 2.64 bits per heavy atom. The molecule has 0 aromatic carbocycles. The van der Waals surface area contributed by atoms with Crippen LogP contribution in [0.1, 0.15) is 4.88 Å². The fourth-order valence-electron chi connectivity index (χ4n) is 1.03. The van der Waals surface area contributed by atoms with Gasteiger partial charge in [0.25, 0.3) is 0 Å². The molecule has 2 rings (SSSR count). The van der Waals surface area contributed by atoms with Crippen LogP contribution in [0.2, 0.25) is 0 Å². The summed E-state index contributed by atoms with van der Waals surface area (Å²) in [6, 6.07) is 3.76. The first-order chi connectivity index (χ1) is 6.77. The van der Waals surface area contributed by atoms with Gasteiger partial charge < -0.3 is 5.73 Å². The van der Waals surface area contributed by atoms with Gasteiger partial charge in [0, 0.05) is 24.2 Å². The topological polar surface area (TPSA) is 75.7 Å². The summed E-state index contributed by atoms with van der Waals surface area (Å²) in [6.07, 6.45) is 5.04. The number of rotatable bonds is 2. The zero-order valence-electron chi connectivity index (χ0n) is 7.27. The Balaban J connectivity index is 2.39. The minimum Gasteiger partial charge on any atom is -0.383 e. The van der Waals surface area contributed by atoms with E-state index in [-0.39, 0.29) is 5.84 Å². The molecule has 0 aliphatic rings. The van der Waals surface area contributed by atoms with Crippen molar-refractivity contribution in [1.29, 1.82) is 5.41 Å². The van der Waals surface area contributed by atoms with Crippen LogP contribution in [0.5, 0.6) is 0 Å². The highest BCUT2D eigenvalue weighted by molar-refractivity contribution is 7.16. The molecular weight excluding hydrogens is 196 g/mol. The third-order valence-corrected chi connectivity index (χ3v) is 2.78. The van der Waals surface area contributed by atoms with E-state index in [9.17, 15) is 0 Å². The third-order valence-electron chi connectivity index (χ3n) is 1.70. The van der Waals surface area contributed by atoms with Crippen LogP contribution in [-0.4, -0.2) is 15.8 Å². The molecule has 0 amide bonds. The van der Waals surface area contributed by atoms with Crippen LogP contribution in [0.3, 0.4) is 0 Å². The Morgan fingerprint density at radius 2 is 2.07 bits per heavy atom. The van der Waals surface area contributed by atoms with E-state index >= 15 is 0 Å². The second-order valence-corrected chi connectivity index (χ2v) is 3.71. The Kier molecular flexibility index (Phi) is 2.24. The Morgan fingerprint density at radius 1 is 1.36 bits per heavy atom. The fraction of sp³-hybridized carbons (Fsp3) is 0. The number of thiazole rings is 1. The van der Waals surface area contributed by atoms with Gasteiger partial charge in [-0.25, -0.2) is 4.98 Å². The molecule has 3 N–H and O–H groups in total. The van der Waals surface area contributed by atoms with Crippen molar-refractivity contribution in [3.8, 4) is 10.6 Å². The number of nitrogen functional groups attached to an aromatic ring is 1. The molecule has 4 nitrogen and oxygen atoms in total. The summed E-state index contributed by atoms with van der Waals surface area (Å²) in [7, 11) is 0. The number of nitrogens with one attached hydrogen (secondary N) is 1. The number of nitrogens with two attached hydrogens (primary N) is 1. The summed E-state index contributed by atoms with van der Waals surface area (Å²) in [5.74, 6) is 0.0582. The average molecular weight is 204 g/mol. The lowest BCUT2D eigenvalue weighted by Gasteiger charge is -1.92. The van der Waals surface area contributed by atoms with Crippen LogP contribution in [-0.2, 0) is 0 Å². The second kappa shape index (κ2) is 3.55. The zero-order valence-corrected chi connectivity index (χ0v) is 8.08. The van der Waals surface area contributed by atoms with E-state index in [4.69, 9.17) is 11.1 Å². The Hall–Kier alpha value is -1.75. The van der Waals surface area contributed by atoms with Crippen LogP contribution >= 0.6 is 11.3 Å². The molecule has 5 heteroatoms. The van der Waals surface area contributed by atoms with E-state index in [1.165, 1.54) is 11.3 Å². The molecule has 0 aliphatic carbocycles. The molecule has 0 aliphatic heterocycles. The Bertz CT molecular complexity index is 449. The van der Waals surface area contributed by atoms with Crippen LogP contribution in [0.4, 0.5) is 0 Å². The number of aromatic nitrogens is 2. The molecule has 0 atom stereocenters. The summed E-state index contributed by atoms with van der Waals surface area (Å²) in [4.78, 5) is 8.79. The van der Waals surface area contributed by atoms with Crippen LogP contribution < -0.4 is 5.73 Å². The van der Waals surface area contributed by atoms with Gasteiger partial charge in [-0.3, -0.25) is 10.4 Å². The first-order valence-electron chi connectivity index (χ1n) is 3.98. The van der Waals surface area contributed by atoms with Crippen molar-refractivity contribution in [3.05, 3.63) is 35.6 Å². The van der Waals surface area contributed by atoms with Crippen molar-refractivity contribution in [2.45, 2.75) is 0 Å². The van der Waals surface area contributed by atoms with Gasteiger partial charge in [0.05, 0.1) is 4.88 Å². The number of amidine groups is 1. The quantitative estimate of drug-likeness (QED) is 0.574. The fourth-order valence-corrected chi connectivity index (χ4v) is 1.81. The van der Waals surface area contributed by atoms with E-state index in [2.05, 4.69) is 9.97 Å². The Labute approximate surface area is 85.0 Å². The van der Waals surface area contributed by atoms with Gasteiger partial charge in [0.2, 0.25) is 0 Å². The van der Waals surface area contributed by atoms with Crippen LogP contribution in [0.15, 0.2) is 30.7 Å². The average Bonchev–Trinajstić information content (AvgIpc) is 2.68. The van der Waals surface area contributed by atoms with E-state index in [1.807, 2.05) is 12.1 Å². The van der Waals surface area contributed by atoms with Crippen molar-refractivity contribution in [1.82, 2.24) is 9.97 Å². The van der Waals surface area contributed by atoms with Crippen molar-refractivity contribution in [2.75, 3.05) is 0 Å². The molecule has 2 aromatic heterocycles. The summed E-state index contributed by atoms with van der Waals surface area (Å²) in [6.45, 7) is 0. The van der Waals surface area contributed by atoms with Gasteiger partial charge in [-0.2, -0.15) is 0 Å². The standard InChI is InChI=1S/C9H8N4S/c10-8(11)7-5-13-9(14-7)6-1-3-12-4-2-6/h1-5H,(H3,10,11). The number of pyridine rings is 1. The van der Waals surface area contributed by atoms with Crippen molar-refractivity contribution in [2.24, 2.45) is 5.73 Å². The molecule has 14 heavy (non-hydrogen) atoms. The molecule has 0 fully saturated rings. The first-order valence-corrected chi connectivity index (χ1v) is 4.79. The highest BCUT2D eigenvalue weighted by Gasteiger charge is 2.05. The zero-order chi connectivity index (χ0) is 9.97. The monoisotopic (exact) mass is 204 g/mol. The summed E-state index contributed by atoms with van der Waals surface area (Å²) in [5.41, 5.74) is 6.34. The van der Waals surface area contributed by atoms with Gasteiger partial charge in [0.1, 0.15) is 10.8 Å². The molecule has 70 valence electrons. The number of hydrogen-bond donors (Lipinski definition) is 2. The highest BCUT2D eigenvalue weighted by atomic mass is 32.1. The van der Waals surface area contributed by atoms with Crippen molar-refractivity contribution in [3.63, 3.8) is 0 Å². The lowest BCUT2D eigenvalue weighted by Crippen LogP contribution is -2.08. The maximum Gasteiger partial charge on any atom is 0.134 e. The molecule has 0 spiro atoms. The second-order valence-electron chi connectivity index (χ2n) is 2.68. The minimum atomic E-state index is 0.0582. The SMILES string of the molecule is N=C(N)c1cnc(-c2ccncc2)s1. The largest absolute Gasteiger partial charge is 0.383 e. The lowest BCUT2D eigenvalue weighted by molar-refractivity contribution is 1.32. The molecule has 2 aromatic rings. The molecule has 0 saturated heterocycles. The van der Waals surface area contributed by atoms with Crippen LogP contribution in [0.25, 0.3) is 10.6 Å². The molecule has 0 radical (unpaired) electrons. The van der Waals surface area contributed by atoms with Gasteiger partial charge >= 0.3 is 0 Å². The number of hydrogen-bond acceptors (Lipinski definition) is 4. The lowest BCUT2D eigenvalue weighted by atomic mass is 10.3. The molecule has 0 unspecified atom stereocenters. The van der Waals surface area contributed by atoms with Gasteiger partial charge in [0.15, 0.2) is 0 Å². The smallest absolute Gasteiger partial charge is 0.134 e. The van der Waals surface area contributed by atoms with Crippen LogP contribution in [0, 0.1) is 5.41 Å².